The summed E-state index contributed by atoms with van der Waals surface area (Å²) in [5.74, 6) is 1.48. The average Bonchev–Trinajstić information content (AvgIpc) is 2.46. The van der Waals surface area contributed by atoms with Gasteiger partial charge in [-0.15, -0.1) is 0 Å². The van der Waals surface area contributed by atoms with Crippen LogP contribution in [-0.4, -0.2) is 29.7 Å². The van der Waals surface area contributed by atoms with E-state index in [4.69, 9.17) is 16.3 Å². The van der Waals surface area contributed by atoms with Crippen molar-refractivity contribution in [1.82, 2.24) is 9.97 Å². The molecule has 1 N–H and O–H groups in total. The van der Waals surface area contributed by atoms with E-state index in [1.807, 2.05) is 18.2 Å². The largest absolute Gasteiger partial charge is 0.381 e. The first kappa shape index (κ1) is 12.6. The van der Waals surface area contributed by atoms with Crippen LogP contribution in [0.2, 0.25) is 5.02 Å². The van der Waals surface area contributed by atoms with Crippen LogP contribution >= 0.6 is 11.6 Å². The summed E-state index contributed by atoms with van der Waals surface area (Å²) in [7, 11) is 0. The van der Waals surface area contributed by atoms with Crippen LogP contribution in [0.25, 0.3) is 11.0 Å². The lowest BCUT2D eigenvalue weighted by atomic mass is 10.0. The maximum Gasteiger partial charge on any atom is 0.145 e. The Morgan fingerprint density at radius 1 is 1.26 bits per heavy atom. The lowest BCUT2D eigenvalue weighted by Crippen LogP contribution is -2.22. The van der Waals surface area contributed by atoms with Crippen LogP contribution in [0, 0.1) is 5.92 Å². The number of anilines is 1. The Hall–Kier alpha value is -1.39. The van der Waals surface area contributed by atoms with Crippen molar-refractivity contribution in [3.63, 3.8) is 0 Å². The van der Waals surface area contributed by atoms with Crippen molar-refractivity contribution in [2.45, 2.75) is 12.8 Å². The van der Waals surface area contributed by atoms with Crippen LogP contribution in [-0.2, 0) is 4.74 Å². The molecule has 0 bridgehead atoms. The number of rotatable bonds is 3. The van der Waals surface area contributed by atoms with E-state index in [1.54, 1.807) is 6.20 Å². The second-order valence-electron chi connectivity index (χ2n) is 4.82. The topological polar surface area (TPSA) is 47.0 Å². The Balaban J connectivity index is 1.69. The van der Waals surface area contributed by atoms with Gasteiger partial charge in [0, 0.05) is 24.8 Å². The molecule has 19 heavy (non-hydrogen) atoms. The van der Waals surface area contributed by atoms with Gasteiger partial charge in [0.05, 0.1) is 17.2 Å². The lowest BCUT2D eigenvalue weighted by Gasteiger charge is -2.22. The number of hydrogen-bond donors (Lipinski definition) is 1. The molecule has 1 aliphatic rings. The Labute approximate surface area is 117 Å². The molecule has 0 amide bonds. The van der Waals surface area contributed by atoms with E-state index in [9.17, 15) is 0 Å². The number of benzene rings is 1. The highest BCUT2D eigenvalue weighted by atomic mass is 35.5. The van der Waals surface area contributed by atoms with Crippen molar-refractivity contribution >= 4 is 28.5 Å². The molecule has 1 aromatic carbocycles. The SMILES string of the molecule is Clc1ccc2nc(NCC3CCOCC3)cnc2c1. The summed E-state index contributed by atoms with van der Waals surface area (Å²) in [6.07, 6.45) is 3.99. The summed E-state index contributed by atoms with van der Waals surface area (Å²) in [5.41, 5.74) is 1.69. The maximum absolute atomic E-state index is 5.93. The maximum atomic E-state index is 5.93. The monoisotopic (exact) mass is 277 g/mol. The van der Waals surface area contributed by atoms with Gasteiger partial charge in [0.15, 0.2) is 0 Å². The minimum Gasteiger partial charge on any atom is -0.381 e. The van der Waals surface area contributed by atoms with Crippen LogP contribution in [0.5, 0.6) is 0 Å². The molecule has 1 aromatic heterocycles. The van der Waals surface area contributed by atoms with Gasteiger partial charge < -0.3 is 10.1 Å². The molecule has 0 radical (unpaired) electrons. The normalized spacial score (nSPS) is 16.7. The third kappa shape index (κ3) is 3.14. The van der Waals surface area contributed by atoms with Gasteiger partial charge >= 0.3 is 0 Å². The van der Waals surface area contributed by atoms with Gasteiger partial charge in [-0.3, -0.25) is 4.98 Å². The zero-order valence-electron chi connectivity index (χ0n) is 10.6. The Kier molecular flexibility index (Phi) is 3.80. The highest BCUT2D eigenvalue weighted by Gasteiger charge is 2.13. The van der Waals surface area contributed by atoms with E-state index in [2.05, 4.69) is 15.3 Å². The smallest absolute Gasteiger partial charge is 0.145 e. The lowest BCUT2D eigenvalue weighted by molar-refractivity contribution is 0.0699. The third-order valence-electron chi connectivity index (χ3n) is 3.42. The zero-order valence-corrected chi connectivity index (χ0v) is 11.4. The second kappa shape index (κ2) is 5.72. The molecular weight excluding hydrogens is 262 g/mol. The van der Waals surface area contributed by atoms with Gasteiger partial charge in [0.25, 0.3) is 0 Å². The summed E-state index contributed by atoms with van der Waals surface area (Å²) in [4.78, 5) is 8.91. The second-order valence-corrected chi connectivity index (χ2v) is 5.26. The number of aromatic nitrogens is 2. The molecule has 5 heteroatoms. The summed E-state index contributed by atoms with van der Waals surface area (Å²) in [6.45, 7) is 2.67. The molecule has 1 aliphatic heterocycles. The molecule has 1 fully saturated rings. The number of fused-ring (bicyclic) bond motifs is 1. The molecule has 100 valence electrons. The van der Waals surface area contributed by atoms with E-state index in [-0.39, 0.29) is 0 Å². The van der Waals surface area contributed by atoms with Gasteiger partial charge in [-0.05, 0) is 37.0 Å². The van der Waals surface area contributed by atoms with Crippen molar-refractivity contribution in [3.05, 3.63) is 29.4 Å². The molecule has 0 unspecified atom stereocenters. The van der Waals surface area contributed by atoms with Gasteiger partial charge in [-0.2, -0.15) is 0 Å². The minimum absolute atomic E-state index is 0.663. The van der Waals surface area contributed by atoms with E-state index < -0.39 is 0 Å². The Morgan fingerprint density at radius 2 is 2.11 bits per heavy atom. The summed E-state index contributed by atoms with van der Waals surface area (Å²) >= 11 is 5.93. The van der Waals surface area contributed by atoms with Crippen LogP contribution in [0.1, 0.15) is 12.8 Å². The first-order chi connectivity index (χ1) is 9.31. The highest BCUT2D eigenvalue weighted by Crippen LogP contribution is 2.19. The fraction of sp³-hybridized carbons (Fsp3) is 0.429. The molecule has 0 aliphatic carbocycles. The van der Waals surface area contributed by atoms with Crippen LogP contribution in [0.4, 0.5) is 5.82 Å². The Morgan fingerprint density at radius 3 is 2.95 bits per heavy atom. The van der Waals surface area contributed by atoms with Crippen LogP contribution in [0.15, 0.2) is 24.4 Å². The molecule has 3 rings (SSSR count). The van der Waals surface area contributed by atoms with E-state index >= 15 is 0 Å². The van der Waals surface area contributed by atoms with Gasteiger partial charge in [-0.1, -0.05) is 11.6 Å². The molecule has 2 heterocycles. The standard InChI is InChI=1S/C14H16ClN3O/c15-11-1-2-12-13(7-11)16-9-14(18-12)17-8-10-3-5-19-6-4-10/h1-2,7,9-10H,3-6,8H2,(H,17,18). The Bertz CT molecular complexity index is 570. The van der Waals surface area contributed by atoms with Crippen molar-refractivity contribution in [1.29, 1.82) is 0 Å². The summed E-state index contributed by atoms with van der Waals surface area (Å²) in [5, 5.41) is 4.04. The average molecular weight is 278 g/mol. The van der Waals surface area contributed by atoms with Gasteiger partial charge in [0.1, 0.15) is 5.82 Å². The minimum atomic E-state index is 0.663. The molecule has 2 aromatic rings. The summed E-state index contributed by atoms with van der Waals surface area (Å²) in [6, 6.07) is 5.55. The fourth-order valence-corrected chi connectivity index (χ4v) is 2.43. The van der Waals surface area contributed by atoms with Crippen molar-refractivity contribution in [2.24, 2.45) is 5.92 Å². The quantitative estimate of drug-likeness (QED) is 0.936. The fourth-order valence-electron chi connectivity index (χ4n) is 2.27. The predicted octanol–water partition coefficient (Wildman–Crippen LogP) is 3.12. The van der Waals surface area contributed by atoms with Crippen molar-refractivity contribution < 1.29 is 4.74 Å². The third-order valence-corrected chi connectivity index (χ3v) is 3.65. The number of nitrogens with zero attached hydrogens (tertiary/aromatic N) is 2. The zero-order chi connectivity index (χ0) is 13.1. The number of halogens is 1. The van der Waals surface area contributed by atoms with Gasteiger partial charge in [0.2, 0.25) is 0 Å². The molecule has 0 spiro atoms. The number of nitrogens with one attached hydrogen (secondary N) is 1. The van der Waals surface area contributed by atoms with E-state index in [1.165, 1.54) is 0 Å². The molecular formula is C14H16ClN3O. The first-order valence-electron chi connectivity index (χ1n) is 6.55. The molecule has 4 nitrogen and oxygen atoms in total. The van der Waals surface area contributed by atoms with Gasteiger partial charge in [-0.25, -0.2) is 4.98 Å². The molecule has 1 saturated heterocycles. The summed E-state index contributed by atoms with van der Waals surface area (Å²) < 4.78 is 5.35. The highest BCUT2D eigenvalue weighted by molar-refractivity contribution is 6.31. The van der Waals surface area contributed by atoms with Crippen LogP contribution in [0.3, 0.4) is 0 Å². The van der Waals surface area contributed by atoms with Crippen molar-refractivity contribution in [2.75, 3.05) is 25.1 Å². The van der Waals surface area contributed by atoms with E-state index in [0.717, 1.165) is 49.5 Å². The molecule has 0 atom stereocenters. The van der Waals surface area contributed by atoms with Crippen LogP contribution < -0.4 is 5.32 Å². The number of ether oxygens (including phenoxy) is 1. The number of hydrogen-bond acceptors (Lipinski definition) is 4. The predicted molar refractivity (Wildman–Crippen MR) is 76.6 cm³/mol. The first-order valence-corrected chi connectivity index (χ1v) is 6.93. The van der Waals surface area contributed by atoms with E-state index in [0.29, 0.717) is 10.9 Å². The molecule has 0 saturated carbocycles. The van der Waals surface area contributed by atoms with Crippen molar-refractivity contribution in [3.8, 4) is 0 Å².